The van der Waals surface area contributed by atoms with E-state index >= 15 is 0 Å². The lowest BCUT2D eigenvalue weighted by Crippen LogP contribution is -2.33. The van der Waals surface area contributed by atoms with Crippen molar-refractivity contribution in [3.63, 3.8) is 0 Å². The number of nitrogens with zero attached hydrogens (tertiary/aromatic N) is 6. The summed E-state index contributed by atoms with van der Waals surface area (Å²) in [5, 5.41) is 34.8. The molecule has 0 saturated heterocycles. The fourth-order valence-corrected chi connectivity index (χ4v) is 5.79. The lowest BCUT2D eigenvalue weighted by molar-refractivity contribution is -0.614. The van der Waals surface area contributed by atoms with Crippen molar-refractivity contribution in [1.82, 2.24) is 19.6 Å². The summed E-state index contributed by atoms with van der Waals surface area (Å²) in [7, 11) is 0. The molecule has 3 aromatic heterocycles. The average Bonchev–Trinajstić information content (AvgIpc) is 3.65. The van der Waals surface area contributed by atoms with E-state index in [4.69, 9.17) is 11.6 Å². The molecule has 11 heteroatoms. The van der Waals surface area contributed by atoms with Gasteiger partial charge in [-0.1, -0.05) is 36.2 Å². The normalized spacial score (nSPS) is 15.9. The van der Waals surface area contributed by atoms with Crippen LogP contribution in [0.5, 0.6) is 0 Å². The van der Waals surface area contributed by atoms with Gasteiger partial charge in [0.25, 0.3) is 0 Å². The summed E-state index contributed by atoms with van der Waals surface area (Å²) in [6.07, 6.45) is 6.95. The van der Waals surface area contributed by atoms with Gasteiger partial charge in [0.15, 0.2) is 18.2 Å². The molecule has 1 N–H and O–H groups in total. The number of rotatable bonds is 4. The van der Waals surface area contributed by atoms with Gasteiger partial charge in [0, 0.05) is 40.4 Å². The maximum atomic E-state index is 14.5. The van der Waals surface area contributed by atoms with Gasteiger partial charge in [-0.15, -0.1) is 0 Å². The molecule has 0 saturated carbocycles. The summed E-state index contributed by atoms with van der Waals surface area (Å²) in [5.41, 5.74) is 5.45. The predicted octanol–water partition coefficient (Wildman–Crippen LogP) is 6.69. The molecule has 0 aliphatic carbocycles. The van der Waals surface area contributed by atoms with Gasteiger partial charge in [-0.3, -0.25) is 4.79 Å². The highest BCUT2D eigenvalue weighted by molar-refractivity contribution is 6.31. The van der Waals surface area contributed by atoms with Crippen LogP contribution >= 0.6 is 11.6 Å². The van der Waals surface area contributed by atoms with Crippen LogP contribution < -0.4 is 10.0 Å². The zero-order valence-corrected chi connectivity index (χ0v) is 24.0. The Morgan fingerprint density at radius 3 is 2.77 bits per heavy atom. The van der Waals surface area contributed by atoms with Crippen molar-refractivity contribution in [1.29, 1.82) is 5.26 Å². The van der Waals surface area contributed by atoms with Crippen molar-refractivity contribution in [3.8, 4) is 34.1 Å². The number of nitrogens with one attached hydrogen (secondary N) is 1. The van der Waals surface area contributed by atoms with Gasteiger partial charge in [0.05, 0.1) is 40.9 Å². The standard InChI is InChI=1S/C32H27ClFN7O2/c1-20(34)41-32-23-6-4-5-22(13-23)26(7-2-3-8-31(42)38-28(32)17-37-41)30-11-9-24(19-40(30)43)27-14-25(33)10-12-29(27)39-18-21(15-35)16-36-39/h4-6,9-14,16-20,26H,2-3,7-8H2,1H3,(H,38,42). The number of hydrogen-bond acceptors (Lipinski definition) is 5. The van der Waals surface area contributed by atoms with Gasteiger partial charge < -0.3 is 10.5 Å². The zero-order chi connectivity index (χ0) is 30.1. The Morgan fingerprint density at radius 2 is 2.00 bits per heavy atom. The minimum atomic E-state index is -1.41. The number of halogens is 2. The molecule has 6 rings (SSSR count). The highest BCUT2D eigenvalue weighted by Gasteiger charge is 2.26. The summed E-state index contributed by atoms with van der Waals surface area (Å²) < 4.78 is 18.2. The first-order valence-electron chi connectivity index (χ1n) is 13.9. The number of nitriles is 1. The van der Waals surface area contributed by atoms with Crippen LogP contribution in [0.4, 0.5) is 10.1 Å². The lowest BCUT2D eigenvalue weighted by atomic mass is 9.87. The van der Waals surface area contributed by atoms with Crippen molar-refractivity contribution >= 4 is 23.2 Å². The molecular weight excluding hydrogens is 569 g/mol. The quantitative estimate of drug-likeness (QED) is 0.183. The third kappa shape index (κ3) is 5.59. The van der Waals surface area contributed by atoms with Gasteiger partial charge in [0.2, 0.25) is 5.91 Å². The number of aromatic nitrogens is 5. The molecule has 1 amide bonds. The molecule has 0 fully saturated rings. The minimum absolute atomic E-state index is 0.166. The Kier molecular flexibility index (Phi) is 7.65. The van der Waals surface area contributed by atoms with Crippen LogP contribution in [0.25, 0.3) is 28.1 Å². The summed E-state index contributed by atoms with van der Waals surface area (Å²) in [5.74, 6) is -0.444. The van der Waals surface area contributed by atoms with Crippen LogP contribution in [0, 0.1) is 16.5 Å². The number of alkyl halides is 1. The van der Waals surface area contributed by atoms with Crippen molar-refractivity contribution in [2.75, 3.05) is 5.32 Å². The zero-order valence-electron chi connectivity index (χ0n) is 23.2. The third-order valence-corrected chi connectivity index (χ3v) is 7.88. The maximum absolute atomic E-state index is 14.5. The van der Waals surface area contributed by atoms with E-state index in [0.717, 1.165) is 16.7 Å². The maximum Gasteiger partial charge on any atom is 0.224 e. The molecule has 5 aromatic rings. The first-order chi connectivity index (χ1) is 20.8. The van der Waals surface area contributed by atoms with E-state index in [1.165, 1.54) is 30.2 Å². The fraction of sp³-hybridized carbons (Fsp3) is 0.219. The van der Waals surface area contributed by atoms with Crippen LogP contribution in [0.1, 0.15) is 61.6 Å². The minimum Gasteiger partial charge on any atom is -0.618 e. The van der Waals surface area contributed by atoms with E-state index < -0.39 is 6.30 Å². The van der Waals surface area contributed by atoms with Crippen LogP contribution in [-0.4, -0.2) is 25.5 Å². The predicted molar refractivity (Wildman–Crippen MR) is 160 cm³/mol. The highest BCUT2D eigenvalue weighted by atomic mass is 35.5. The number of carbonyl (C=O) groups is 1. The topological polar surface area (TPSA) is 115 Å². The smallest absolute Gasteiger partial charge is 0.224 e. The Bertz CT molecular complexity index is 1870. The van der Waals surface area contributed by atoms with E-state index in [9.17, 15) is 19.7 Å². The summed E-state index contributed by atoms with van der Waals surface area (Å²) in [4.78, 5) is 12.7. The van der Waals surface area contributed by atoms with Gasteiger partial charge in [0.1, 0.15) is 6.07 Å². The van der Waals surface area contributed by atoms with Crippen molar-refractivity contribution in [2.45, 2.75) is 44.8 Å². The summed E-state index contributed by atoms with van der Waals surface area (Å²) >= 11 is 6.35. The molecule has 1 aliphatic heterocycles. The number of carbonyl (C=O) groups excluding carboxylic acids is 1. The monoisotopic (exact) mass is 595 g/mol. The molecule has 0 radical (unpaired) electrons. The highest BCUT2D eigenvalue weighted by Crippen LogP contribution is 2.37. The number of hydrogen-bond donors (Lipinski definition) is 1. The number of benzene rings is 2. The van der Waals surface area contributed by atoms with Gasteiger partial charge >= 0.3 is 0 Å². The molecule has 0 spiro atoms. The van der Waals surface area contributed by atoms with E-state index in [0.29, 0.717) is 69.3 Å². The van der Waals surface area contributed by atoms with Gasteiger partial charge in [-0.2, -0.15) is 20.2 Å². The van der Waals surface area contributed by atoms with Crippen LogP contribution in [0.2, 0.25) is 5.02 Å². The number of amides is 1. The Labute approximate surface area is 252 Å². The second-order valence-corrected chi connectivity index (χ2v) is 10.9. The molecule has 2 atom stereocenters. The SMILES string of the molecule is CC(F)n1ncc2c1-c1cccc(c1)C(c1ccc(-c3cc(Cl)ccc3-n3cc(C#N)cn3)c[n+]1[O-])CCCCC(=O)N2. The molecule has 1 aliphatic rings. The first-order valence-corrected chi connectivity index (χ1v) is 14.3. The molecular formula is C32H27ClFN7O2. The third-order valence-electron chi connectivity index (χ3n) is 7.65. The first kappa shape index (κ1) is 28.1. The molecule has 2 bridgehead atoms. The molecule has 2 aromatic carbocycles. The Balaban J connectivity index is 1.43. The van der Waals surface area contributed by atoms with Gasteiger partial charge in [-0.05, 0) is 55.7 Å². The van der Waals surface area contributed by atoms with Crippen molar-refractivity contribution < 1.29 is 13.9 Å². The molecule has 4 heterocycles. The molecule has 216 valence electrons. The number of fused-ring (bicyclic) bond motifs is 4. The lowest BCUT2D eigenvalue weighted by Gasteiger charge is -2.20. The van der Waals surface area contributed by atoms with Crippen LogP contribution in [0.3, 0.4) is 0 Å². The second kappa shape index (κ2) is 11.7. The second-order valence-electron chi connectivity index (χ2n) is 10.5. The Morgan fingerprint density at radius 1 is 1.14 bits per heavy atom. The fourth-order valence-electron chi connectivity index (χ4n) is 5.62. The summed E-state index contributed by atoms with van der Waals surface area (Å²) in [6, 6.07) is 18.7. The van der Waals surface area contributed by atoms with Crippen LogP contribution in [-0.2, 0) is 4.79 Å². The largest absolute Gasteiger partial charge is 0.618 e. The molecule has 2 unspecified atom stereocenters. The number of anilines is 1. The van der Waals surface area contributed by atoms with Crippen molar-refractivity contribution in [3.05, 3.63) is 106 Å². The summed E-state index contributed by atoms with van der Waals surface area (Å²) in [6.45, 7) is 1.39. The van der Waals surface area contributed by atoms with E-state index in [1.807, 2.05) is 36.4 Å². The molecule has 9 nitrogen and oxygen atoms in total. The number of pyridine rings is 1. The Hall–Kier alpha value is -5.01. The van der Waals surface area contributed by atoms with E-state index in [-0.39, 0.29) is 11.8 Å². The van der Waals surface area contributed by atoms with Gasteiger partial charge in [-0.25, -0.2) is 13.8 Å². The van der Waals surface area contributed by atoms with Crippen molar-refractivity contribution in [2.24, 2.45) is 0 Å². The van der Waals surface area contributed by atoms with Crippen LogP contribution in [0.15, 0.2) is 79.4 Å². The van der Waals surface area contributed by atoms with E-state index in [1.54, 1.807) is 29.1 Å². The average molecular weight is 596 g/mol. The van der Waals surface area contributed by atoms with E-state index in [2.05, 4.69) is 21.6 Å². The molecule has 43 heavy (non-hydrogen) atoms.